The molecule has 1 aliphatic rings. The van der Waals surface area contributed by atoms with Crippen molar-refractivity contribution >= 4 is 11.8 Å². The van der Waals surface area contributed by atoms with Gasteiger partial charge in [-0.25, -0.2) is 4.79 Å². The Hall–Kier alpha value is -2.38. The van der Waals surface area contributed by atoms with Gasteiger partial charge >= 0.3 is 5.69 Å². The minimum absolute atomic E-state index is 0.0882. The molecule has 0 bridgehead atoms. The molecule has 1 fully saturated rings. The van der Waals surface area contributed by atoms with Crippen LogP contribution in [0.3, 0.4) is 0 Å². The first-order valence-corrected chi connectivity index (χ1v) is 12.8. The van der Waals surface area contributed by atoms with Gasteiger partial charge in [0, 0.05) is 24.3 Å². The average Bonchev–Trinajstić information content (AvgIpc) is 2.75. The number of rotatable bonds is 12. The van der Waals surface area contributed by atoms with Gasteiger partial charge in [-0.1, -0.05) is 71.6 Å². The Bertz CT molecular complexity index is 853. The lowest BCUT2D eigenvalue weighted by atomic mass is 9.97. The minimum Gasteiger partial charge on any atom is -0.352 e. The highest BCUT2D eigenvalue weighted by atomic mass is 16.2. The van der Waals surface area contributed by atoms with E-state index in [0.29, 0.717) is 0 Å². The van der Waals surface area contributed by atoms with Crippen LogP contribution in [0.25, 0.3) is 0 Å². The number of amides is 2. The Balaban J connectivity index is 1.99. The molecule has 2 N–H and O–H groups in total. The Morgan fingerprint density at radius 3 is 2.30 bits per heavy atom. The van der Waals surface area contributed by atoms with Crippen molar-refractivity contribution in [2.75, 3.05) is 0 Å². The van der Waals surface area contributed by atoms with Crippen LogP contribution in [-0.2, 0) is 22.7 Å². The molecule has 1 heterocycles. The van der Waals surface area contributed by atoms with E-state index in [0.717, 1.165) is 68.8 Å². The number of carbonyl (C=O) groups excluding carboxylic acids is 2. The van der Waals surface area contributed by atoms with Gasteiger partial charge in [-0.15, -0.1) is 0 Å². The first-order chi connectivity index (χ1) is 15.9. The summed E-state index contributed by atoms with van der Waals surface area (Å²) in [6.07, 6.45) is 15.0. The number of nitrogens with one attached hydrogen (secondary N) is 2. The molecule has 1 aromatic heterocycles. The lowest BCUT2D eigenvalue weighted by Gasteiger charge is -2.21. The topological polar surface area (TPSA) is 102 Å². The molecule has 186 valence electrons. The first kappa shape index (κ1) is 26.9. The lowest BCUT2D eigenvalue weighted by Crippen LogP contribution is -2.46. The zero-order valence-electron chi connectivity index (χ0n) is 20.4. The molecule has 0 spiro atoms. The van der Waals surface area contributed by atoms with E-state index in [9.17, 15) is 19.2 Å². The summed E-state index contributed by atoms with van der Waals surface area (Å²) >= 11 is 0. The summed E-state index contributed by atoms with van der Waals surface area (Å²) in [5.74, 6) is -0.586. The standard InChI is InChI=1S/C25H42N4O4/c1-3-5-9-13-20(12-4-2)26-22(30)18-28-17-16-24(32)29(25(28)33)19-23(31)27-21-14-10-7-6-8-11-15-21/h16-17,20-21H,3-15,18-19H2,1-2H3,(H,26,30)(H,27,31). The summed E-state index contributed by atoms with van der Waals surface area (Å²) in [5.41, 5.74) is -1.17. The number of aromatic nitrogens is 2. The summed E-state index contributed by atoms with van der Waals surface area (Å²) in [6.45, 7) is 3.73. The van der Waals surface area contributed by atoms with E-state index in [1.807, 2.05) is 0 Å². The fourth-order valence-corrected chi connectivity index (χ4v) is 4.55. The van der Waals surface area contributed by atoms with Crippen LogP contribution in [0, 0.1) is 0 Å². The normalized spacial score (nSPS) is 15.9. The minimum atomic E-state index is -0.636. The van der Waals surface area contributed by atoms with Gasteiger partial charge in [0.1, 0.15) is 13.1 Å². The summed E-state index contributed by atoms with van der Waals surface area (Å²) in [5, 5.41) is 6.02. The van der Waals surface area contributed by atoms with Gasteiger partial charge < -0.3 is 10.6 Å². The highest BCUT2D eigenvalue weighted by Gasteiger charge is 2.17. The number of hydrogen-bond donors (Lipinski definition) is 2. The molecule has 1 saturated carbocycles. The van der Waals surface area contributed by atoms with E-state index in [1.54, 1.807) is 0 Å². The van der Waals surface area contributed by atoms with Crippen LogP contribution in [0.15, 0.2) is 21.9 Å². The average molecular weight is 463 g/mol. The van der Waals surface area contributed by atoms with Crippen LogP contribution in [0.5, 0.6) is 0 Å². The molecule has 1 aliphatic carbocycles. The van der Waals surface area contributed by atoms with Crippen LogP contribution in [0.4, 0.5) is 0 Å². The summed E-state index contributed by atoms with van der Waals surface area (Å²) in [7, 11) is 0. The van der Waals surface area contributed by atoms with Gasteiger partial charge in [0.25, 0.3) is 5.56 Å². The smallest absolute Gasteiger partial charge is 0.331 e. The molecule has 2 rings (SSSR count). The molecule has 2 amide bonds. The molecular formula is C25H42N4O4. The maximum atomic E-state index is 12.8. The third kappa shape index (κ3) is 9.56. The van der Waals surface area contributed by atoms with Crippen LogP contribution >= 0.6 is 0 Å². The second-order valence-electron chi connectivity index (χ2n) is 9.31. The molecule has 33 heavy (non-hydrogen) atoms. The van der Waals surface area contributed by atoms with Crippen molar-refractivity contribution in [3.8, 4) is 0 Å². The second kappa shape index (κ2) is 14.7. The Kier molecular flexibility index (Phi) is 12.0. The van der Waals surface area contributed by atoms with Crippen molar-refractivity contribution in [2.24, 2.45) is 0 Å². The molecule has 1 aromatic rings. The monoisotopic (exact) mass is 462 g/mol. The number of hydrogen-bond acceptors (Lipinski definition) is 4. The molecule has 0 aromatic carbocycles. The first-order valence-electron chi connectivity index (χ1n) is 12.8. The van der Waals surface area contributed by atoms with Crippen molar-refractivity contribution in [2.45, 2.75) is 122 Å². The highest BCUT2D eigenvalue weighted by molar-refractivity contribution is 5.76. The molecule has 8 nitrogen and oxygen atoms in total. The van der Waals surface area contributed by atoms with Crippen LogP contribution < -0.4 is 21.9 Å². The van der Waals surface area contributed by atoms with E-state index >= 15 is 0 Å². The molecular weight excluding hydrogens is 420 g/mol. The molecule has 8 heteroatoms. The van der Waals surface area contributed by atoms with Gasteiger partial charge in [-0.3, -0.25) is 23.5 Å². The molecule has 1 atom stereocenters. The van der Waals surface area contributed by atoms with Gasteiger partial charge in [-0.2, -0.15) is 0 Å². The zero-order chi connectivity index (χ0) is 24.1. The number of nitrogens with zero attached hydrogens (tertiary/aromatic N) is 2. The maximum absolute atomic E-state index is 12.8. The summed E-state index contributed by atoms with van der Waals surface area (Å²) < 4.78 is 2.12. The maximum Gasteiger partial charge on any atom is 0.331 e. The van der Waals surface area contributed by atoms with E-state index in [2.05, 4.69) is 24.5 Å². The van der Waals surface area contributed by atoms with E-state index < -0.39 is 11.2 Å². The lowest BCUT2D eigenvalue weighted by molar-refractivity contribution is -0.123. The Morgan fingerprint density at radius 2 is 1.64 bits per heavy atom. The predicted octanol–water partition coefficient (Wildman–Crippen LogP) is 3.10. The third-order valence-electron chi connectivity index (χ3n) is 6.38. The fourth-order valence-electron chi connectivity index (χ4n) is 4.55. The van der Waals surface area contributed by atoms with Gasteiger partial charge in [0.2, 0.25) is 11.8 Å². The molecule has 1 unspecified atom stereocenters. The van der Waals surface area contributed by atoms with E-state index in [-0.39, 0.29) is 37.0 Å². The van der Waals surface area contributed by atoms with Crippen molar-refractivity contribution in [3.05, 3.63) is 33.1 Å². The van der Waals surface area contributed by atoms with Crippen molar-refractivity contribution in [1.29, 1.82) is 0 Å². The van der Waals surface area contributed by atoms with Gasteiger partial charge in [0.05, 0.1) is 0 Å². The van der Waals surface area contributed by atoms with Crippen molar-refractivity contribution in [1.82, 2.24) is 19.8 Å². The highest BCUT2D eigenvalue weighted by Crippen LogP contribution is 2.17. The van der Waals surface area contributed by atoms with Crippen molar-refractivity contribution < 1.29 is 9.59 Å². The number of carbonyl (C=O) groups is 2. The zero-order valence-corrected chi connectivity index (χ0v) is 20.4. The molecule has 0 radical (unpaired) electrons. The fraction of sp³-hybridized carbons (Fsp3) is 0.760. The molecule has 0 saturated heterocycles. The van der Waals surface area contributed by atoms with E-state index in [4.69, 9.17) is 0 Å². The summed E-state index contributed by atoms with van der Waals surface area (Å²) in [6, 6.07) is 1.42. The predicted molar refractivity (Wildman–Crippen MR) is 130 cm³/mol. The quantitative estimate of drug-likeness (QED) is 0.466. The largest absolute Gasteiger partial charge is 0.352 e. The van der Waals surface area contributed by atoms with E-state index in [1.165, 1.54) is 36.1 Å². The van der Waals surface area contributed by atoms with Gasteiger partial charge in [0.15, 0.2) is 0 Å². The summed E-state index contributed by atoms with van der Waals surface area (Å²) in [4.78, 5) is 50.3. The third-order valence-corrected chi connectivity index (χ3v) is 6.38. The number of unbranched alkanes of at least 4 members (excludes halogenated alkanes) is 2. The van der Waals surface area contributed by atoms with Gasteiger partial charge in [-0.05, 0) is 25.7 Å². The Labute approximate surface area is 197 Å². The Morgan fingerprint density at radius 1 is 0.939 bits per heavy atom. The second-order valence-corrected chi connectivity index (χ2v) is 9.31. The SMILES string of the molecule is CCCCCC(CCC)NC(=O)Cn1ccc(=O)n(CC(=O)NC2CCCCCCC2)c1=O. The van der Waals surface area contributed by atoms with Crippen LogP contribution in [0.1, 0.15) is 97.3 Å². The van der Waals surface area contributed by atoms with Crippen LogP contribution in [-0.4, -0.2) is 33.0 Å². The molecule has 0 aliphatic heterocycles. The van der Waals surface area contributed by atoms with Crippen molar-refractivity contribution in [3.63, 3.8) is 0 Å². The van der Waals surface area contributed by atoms with Crippen LogP contribution in [0.2, 0.25) is 0 Å².